The number of aromatic carboxylic acids is 1. The summed E-state index contributed by atoms with van der Waals surface area (Å²) in [6, 6.07) is 4.67. The van der Waals surface area contributed by atoms with Gasteiger partial charge in [0, 0.05) is 11.1 Å². The average molecular weight is 281 g/mol. The Bertz CT molecular complexity index is 608. The fourth-order valence-corrected chi connectivity index (χ4v) is 1.71. The lowest BCUT2D eigenvalue weighted by atomic mass is 10.2. The number of carbonyl (C=O) groups is 1. The van der Waals surface area contributed by atoms with E-state index in [2.05, 4.69) is 5.10 Å². The SMILES string of the molecule is CC(C)n1cc(Oc2ccc(Cl)cc2C(=O)O)cn1. The molecule has 0 atom stereocenters. The number of hydrogen-bond donors (Lipinski definition) is 1. The minimum Gasteiger partial charge on any atom is -0.478 e. The van der Waals surface area contributed by atoms with Crippen LogP contribution in [0.25, 0.3) is 0 Å². The van der Waals surface area contributed by atoms with Gasteiger partial charge in [-0.05, 0) is 32.0 Å². The maximum atomic E-state index is 11.1. The first-order chi connectivity index (χ1) is 8.97. The van der Waals surface area contributed by atoms with Crippen molar-refractivity contribution in [2.45, 2.75) is 19.9 Å². The Balaban J connectivity index is 2.29. The Morgan fingerprint density at radius 1 is 1.47 bits per heavy atom. The number of carboxylic acid groups (broad SMARTS) is 1. The Labute approximate surface area is 115 Å². The van der Waals surface area contributed by atoms with Crippen molar-refractivity contribution in [2.75, 3.05) is 0 Å². The molecule has 0 aliphatic heterocycles. The lowest BCUT2D eigenvalue weighted by Crippen LogP contribution is -2.00. The molecule has 2 rings (SSSR count). The first-order valence-electron chi connectivity index (χ1n) is 5.72. The second-order valence-electron chi connectivity index (χ2n) is 4.30. The molecule has 0 bridgehead atoms. The van der Waals surface area contributed by atoms with Crippen LogP contribution >= 0.6 is 11.6 Å². The summed E-state index contributed by atoms with van der Waals surface area (Å²) in [6.07, 6.45) is 3.26. The monoisotopic (exact) mass is 280 g/mol. The second-order valence-corrected chi connectivity index (χ2v) is 4.73. The van der Waals surface area contributed by atoms with Crippen LogP contribution < -0.4 is 4.74 Å². The highest BCUT2D eigenvalue weighted by Crippen LogP contribution is 2.28. The number of benzene rings is 1. The smallest absolute Gasteiger partial charge is 0.339 e. The predicted molar refractivity (Wildman–Crippen MR) is 71.1 cm³/mol. The van der Waals surface area contributed by atoms with Gasteiger partial charge in [0.25, 0.3) is 0 Å². The average Bonchev–Trinajstić information content (AvgIpc) is 2.80. The van der Waals surface area contributed by atoms with Crippen LogP contribution in [0.1, 0.15) is 30.2 Å². The molecule has 0 amide bonds. The van der Waals surface area contributed by atoms with Gasteiger partial charge in [0.05, 0.1) is 12.4 Å². The van der Waals surface area contributed by atoms with Gasteiger partial charge in [0.1, 0.15) is 11.3 Å². The third-order valence-corrected chi connectivity index (χ3v) is 2.74. The topological polar surface area (TPSA) is 64.3 Å². The molecule has 0 saturated heterocycles. The summed E-state index contributed by atoms with van der Waals surface area (Å²) in [5, 5.41) is 13.6. The molecule has 19 heavy (non-hydrogen) atoms. The van der Waals surface area contributed by atoms with Gasteiger partial charge in [-0.25, -0.2) is 4.79 Å². The van der Waals surface area contributed by atoms with E-state index in [1.807, 2.05) is 13.8 Å². The van der Waals surface area contributed by atoms with Crippen molar-refractivity contribution in [3.05, 3.63) is 41.2 Å². The highest BCUT2D eigenvalue weighted by molar-refractivity contribution is 6.31. The van der Waals surface area contributed by atoms with Crippen molar-refractivity contribution >= 4 is 17.6 Å². The number of carboxylic acids is 1. The van der Waals surface area contributed by atoms with Crippen LogP contribution in [0.2, 0.25) is 5.02 Å². The number of nitrogens with zero attached hydrogens (tertiary/aromatic N) is 2. The summed E-state index contributed by atoms with van der Waals surface area (Å²) in [5.74, 6) is -0.368. The van der Waals surface area contributed by atoms with Gasteiger partial charge in [0.15, 0.2) is 5.75 Å². The van der Waals surface area contributed by atoms with Crippen LogP contribution in [-0.2, 0) is 0 Å². The van der Waals surface area contributed by atoms with Gasteiger partial charge < -0.3 is 9.84 Å². The molecule has 100 valence electrons. The summed E-state index contributed by atoms with van der Waals surface area (Å²) in [7, 11) is 0. The molecule has 1 aromatic carbocycles. The molecular weight excluding hydrogens is 268 g/mol. The van der Waals surface area contributed by atoms with Crippen LogP contribution in [-0.4, -0.2) is 20.9 Å². The van der Waals surface area contributed by atoms with Gasteiger partial charge in [-0.15, -0.1) is 0 Å². The van der Waals surface area contributed by atoms with Crippen LogP contribution in [0.5, 0.6) is 11.5 Å². The zero-order chi connectivity index (χ0) is 14.0. The van der Waals surface area contributed by atoms with E-state index in [4.69, 9.17) is 21.4 Å². The fraction of sp³-hybridized carbons (Fsp3) is 0.231. The van der Waals surface area contributed by atoms with Crippen molar-refractivity contribution in [3.8, 4) is 11.5 Å². The molecule has 0 aliphatic carbocycles. The van der Waals surface area contributed by atoms with E-state index in [1.54, 1.807) is 23.1 Å². The third-order valence-electron chi connectivity index (χ3n) is 2.51. The number of hydrogen-bond acceptors (Lipinski definition) is 3. The molecule has 1 heterocycles. The van der Waals surface area contributed by atoms with Crippen LogP contribution in [0.15, 0.2) is 30.6 Å². The van der Waals surface area contributed by atoms with Crippen molar-refractivity contribution < 1.29 is 14.6 Å². The van der Waals surface area contributed by atoms with Crippen LogP contribution in [0.3, 0.4) is 0 Å². The zero-order valence-corrected chi connectivity index (χ0v) is 11.3. The minimum absolute atomic E-state index is 0.0183. The van der Waals surface area contributed by atoms with Crippen molar-refractivity contribution in [2.24, 2.45) is 0 Å². The highest BCUT2D eigenvalue weighted by Gasteiger charge is 2.13. The molecule has 0 spiro atoms. The van der Waals surface area contributed by atoms with Crippen LogP contribution in [0, 0.1) is 0 Å². The first kappa shape index (κ1) is 13.4. The molecule has 1 N–H and O–H groups in total. The molecule has 0 radical (unpaired) electrons. The number of ether oxygens (including phenoxy) is 1. The maximum absolute atomic E-state index is 11.1. The predicted octanol–water partition coefficient (Wildman–Crippen LogP) is 3.61. The largest absolute Gasteiger partial charge is 0.478 e. The second kappa shape index (κ2) is 5.32. The minimum atomic E-state index is -1.09. The Morgan fingerprint density at radius 2 is 2.21 bits per heavy atom. The van der Waals surface area contributed by atoms with E-state index in [-0.39, 0.29) is 17.4 Å². The Kier molecular flexibility index (Phi) is 3.76. The van der Waals surface area contributed by atoms with Gasteiger partial charge in [-0.3, -0.25) is 4.68 Å². The van der Waals surface area contributed by atoms with Crippen molar-refractivity contribution in [1.82, 2.24) is 9.78 Å². The lowest BCUT2D eigenvalue weighted by molar-refractivity contribution is 0.0694. The van der Waals surface area contributed by atoms with Gasteiger partial charge in [0.2, 0.25) is 0 Å². The summed E-state index contributed by atoms with van der Waals surface area (Å²) in [6.45, 7) is 3.98. The van der Waals surface area contributed by atoms with Crippen LogP contribution in [0.4, 0.5) is 0 Å². The lowest BCUT2D eigenvalue weighted by Gasteiger charge is -2.07. The number of rotatable bonds is 4. The molecule has 6 heteroatoms. The number of aromatic nitrogens is 2. The Morgan fingerprint density at radius 3 is 2.79 bits per heavy atom. The molecule has 5 nitrogen and oxygen atoms in total. The number of halogens is 1. The fourth-order valence-electron chi connectivity index (χ4n) is 1.54. The summed E-state index contributed by atoms with van der Waals surface area (Å²) >= 11 is 5.77. The maximum Gasteiger partial charge on any atom is 0.339 e. The third kappa shape index (κ3) is 3.06. The van der Waals surface area contributed by atoms with E-state index in [1.165, 1.54) is 12.1 Å². The van der Waals surface area contributed by atoms with E-state index in [0.29, 0.717) is 10.8 Å². The summed E-state index contributed by atoms with van der Waals surface area (Å²) in [4.78, 5) is 11.1. The summed E-state index contributed by atoms with van der Waals surface area (Å²) < 4.78 is 7.26. The first-order valence-corrected chi connectivity index (χ1v) is 6.10. The van der Waals surface area contributed by atoms with Crippen molar-refractivity contribution in [3.63, 3.8) is 0 Å². The molecule has 0 unspecified atom stereocenters. The normalized spacial score (nSPS) is 10.7. The zero-order valence-electron chi connectivity index (χ0n) is 10.5. The van der Waals surface area contributed by atoms with E-state index >= 15 is 0 Å². The van der Waals surface area contributed by atoms with Gasteiger partial charge in [-0.1, -0.05) is 11.6 Å². The molecular formula is C13H13ClN2O3. The van der Waals surface area contributed by atoms with E-state index in [9.17, 15) is 4.79 Å². The molecule has 2 aromatic rings. The van der Waals surface area contributed by atoms with E-state index < -0.39 is 5.97 Å². The standard InChI is InChI=1S/C13H13ClN2O3/c1-8(2)16-7-10(6-15-16)19-12-4-3-9(14)5-11(12)13(17)18/h3-8H,1-2H3,(H,17,18). The Hall–Kier alpha value is -2.01. The molecule has 0 saturated carbocycles. The van der Waals surface area contributed by atoms with Crippen molar-refractivity contribution in [1.29, 1.82) is 0 Å². The molecule has 1 aromatic heterocycles. The summed E-state index contributed by atoms with van der Waals surface area (Å²) in [5.41, 5.74) is 0.0183. The van der Waals surface area contributed by atoms with Gasteiger partial charge >= 0.3 is 5.97 Å². The van der Waals surface area contributed by atoms with E-state index in [0.717, 1.165) is 0 Å². The molecule has 0 aliphatic rings. The molecule has 0 fully saturated rings. The highest BCUT2D eigenvalue weighted by atomic mass is 35.5. The van der Waals surface area contributed by atoms with Gasteiger partial charge in [-0.2, -0.15) is 5.10 Å². The quantitative estimate of drug-likeness (QED) is 0.929.